The third-order valence-electron chi connectivity index (χ3n) is 2.19. The summed E-state index contributed by atoms with van der Waals surface area (Å²) < 4.78 is 1.52. The third-order valence-corrected chi connectivity index (χ3v) is 3.01. The smallest absolute Gasteiger partial charge is 0.256 e. The van der Waals surface area contributed by atoms with E-state index >= 15 is 0 Å². The summed E-state index contributed by atoms with van der Waals surface area (Å²) in [5.41, 5.74) is 2.41. The zero-order chi connectivity index (χ0) is 13.8. The molecular weight excluding hydrogens is 278 g/mol. The summed E-state index contributed by atoms with van der Waals surface area (Å²) in [4.78, 5) is 20.6. The van der Waals surface area contributed by atoms with E-state index in [1.807, 2.05) is 0 Å². The van der Waals surface area contributed by atoms with Gasteiger partial charge in [-0.3, -0.25) is 5.43 Å². The van der Waals surface area contributed by atoms with Gasteiger partial charge in [-0.1, -0.05) is 0 Å². The fourth-order valence-corrected chi connectivity index (χ4v) is 2.05. The number of nitrogens with zero attached hydrogens (tertiary/aromatic N) is 7. The van der Waals surface area contributed by atoms with Crippen molar-refractivity contribution in [3.8, 4) is 5.95 Å². The second-order valence-electron chi connectivity index (χ2n) is 3.49. The molecule has 0 atom stereocenters. The van der Waals surface area contributed by atoms with E-state index in [9.17, 15) is 0 Å². The van der Waals surface area contributed by atoms with Crippen LogP contribution < -0.4 is 11.3 Å². The molecule has 10 heteroatoms. The molecule has 20 heavy (non-hydrogen) atoms. The molecule has 3 aromatic heterocycles. The lowest BCUT2D eigenvalue weighted by Crippen LogP contribution is -2.14. The van der Waals surface area contributed by atoms with Crippen molar-refractivity contribution in [3.05, 3.63) is 37.1 Å². The van der Waals surface area contributed by atoms with E-state index in [-0.39, 0.29) is 5.95 Å². The summed E-state index contributed by atoms with van der Waals surface area (Å²) in [5.74, 6) is 5.99. The SMILES string of the molecule is NNc1nc(Sc2ccncn2)nc(-n2cccn2)n1. The minimum Gasteiger partial charge on any atom is -0.292 e. The van der Waals surface area contributed by atoms with Crippen LogP contribution in [0.1, 0.15) is 0 Å². The molecule has 0 fully saturated rings. The van der Waals surface area contributed by atoms with Crippen LogP contribution in [0.5, 0.6) is 0 Å². The highest BCUT2D eigenvalue weighted by Crippen LogP contribution is 2.22. The summed E-state index contributed by atoms with van der Waals surface area (Å²) in [5, 5.41) is 5.25. The summed E-state index contributed by atoms with van der Waals surface area (Å²) in [6.07, 6.45) is 6.47. The Labute approximate surface area is 117 Å². The molecule has 0 spiro atoms. The fraction of sp³-hybridized carbons (Fsp3) is 0. The minimum absolute atomic E-state index is 0.252. The molecule has 0 aromatic carbocycles. The van der Waals surface area contributed by atoms with Gasteiger partial charge in [0.05, 0.1) is 0 Å². The number of hydrazine groups is 1. The Bertz CT molecular complexity index is 685. The Balaban J connectivity index is 1.96. The van der Waals surface area contributed by atoms with Gasteiger partial charge in [0.2, 0.25) is 11.1 Å². The fourth-order valence-electron chi connectivity index (χ4n) is 1.38. The van der Waals surface area contributed by atoms with Crippen LogP contribution >= 0.6 is 11.8 Å². The van der Waals surface area contributed by atoms with Gasteiger partial charge in [0.1, 0.15) is 11.4 Å². The van der Waals surface area contributed by atoms with E-state index in [2.05, 4.69) is 35.4 Å². The minimum atomic E-state index is 0.252. The van der Waals surface area contributed by atoms with Gasteiger partial charge in [-0.25, -0.2) is 20.5 Å². The highest BCUT2D eigenvalue weighted by atomic mass is 32.2. The molecule has 0 aliphatic heterocycles. The molecule has 0 unspecified atom stereocenters. The Morgan fingerprint density at radius 3 is 2.85 bits per heavy atom. The van der Waals surface area contributed by atoms with Gasteiger partial charge in [0, 0.05) is 18.6 Å². The van der Waals surface area contributed by atoms with E-state index in [0.29, 0.717) is 11.1 Å². The van der Waals surface area contributed by atoms with E-state index in [4.69, 9.17) is 5.84 Å². The van der Waals surface area contributed by atoms with E-state index < -0.39 is 0 Å². The highest BCUT2D eigenvalue weighted by Gasteiger charge is 2.09. The monoisotopic (exact) mass is 287 g/mol. The van der Waals surface area contributed by atoms with E-state index in [0.717, 1.165) is 5.03 Å². The van der Waals surface area contributed by atoms with Crippen molar-refractivity contribution < 1.29 is 0 Å². The lowest BCUT2D eigenvalue weighted by atomic mass is 10.7. The Morgan fingerprint density at radius 2 is 2.15 bits per heavy atom. The van der Waals surface area contributed by atoms with Crippen molar-refractivity contribution in [1.29, 1.82) is 0 Å². The molecule has 0 saturated heterocycles. The molecule has 100 valence electrons. The number of nitrogens with two attached hydrogens (primary N) is 1. The maximum Gasteiger partial charge on any atom is 0.256 e. The average molecular weight is 287 g/mol. The Morgan fingerprint density at radius 1 is 1.20 bits per heavy atom. The molecule has 0 aliphatic carbocycles. The van der Waals surface area contributed by atoms with Crippen molar-refractivity contribution in [3.63, 3.8) is 0 Å². The van der Waals surface area contributed by atoms with E-state index in [1.165, 1.54) is 22.8 Å². The van der Waals surface area contributed by atoms with Gasteiger partial charge < -0.3 is 0 Å². The van der Waals surface area contributed by atoms with Gasteiger partial charge in [-0.2, -0.15) is 20.1 Å². The summed E-state index contributed by atoms with van der Waals surface area (Å²) >= 11 is 1.28. The maximum absolute atomic E-state index is 5.37. The topological polar surface area (TPSA) is 120 Å². The Kier molecular flexibility index (Phi) is 3.48. The Hall–Kier alpha value is -2.59. The first-order chi connectivity index (χ1) is 9.85. The molecule has 0 amide bonds. The number of aromatic nitrogens is 7. The number of hydrogen-bond acceptors (Lipinski definition) is 9. The van der Waals surface area contributed by atoms with Crippen LogP contribution in [0.3, 0.4) is 0 Å². The molecule has 3 heterocycles. The predicted molar refractivity (Wildman–Crippen MR) is 70.9 cm³/mol. The quantitative estimate of drug-likeness (QED) is 0.396. The number of hydrogen-bond donors (Lipinski definition) is 2. The molecule has 3 aromatic rings. The van der Waals surface area contributed by atoms with Crippen molar-refractivity contribution in [1.82, 2.24) is 34.7 Å². The van der Waals surface area contributed by atoms with Crippen molar-refractivity contribution in [2.75, 3.05) is 5.43 Å². The lowest BCUT2D eigenvalue weighted by molar-refractivity contribution is 0.760. The van der Waals surface area contributed by atoms with Crippen LogP contribution in [0, 0.1) is 0 Å². The van der Waals surface area contributed by atoms with Crippen LogP contribution in [-0.4, -0.2) is 34.7 Å². The van der Waals surface area contributed by atoms with Crippen LogP contribution in [-0.2, 0) is 0 Å². The second kappa shape index (κ2) is 5.59. The number of nitrogens with one attached hydrogen (secondary N) is 1. The van der Waals surface area contributed by atoms with Gasteiger partial charge in [0.25, 0.3) is 5.95 Å². The molecule has 0 bridgehead atoms. The molecule has 9 nitrogen and oxygen atoms in total. The number of anilines is 1. The summed E-state index contributed by atoms with van der Waals surface area (Å²) in [7, 11) is 0. The number of rotatable bonds is 4. The van der Waals surface area contributed by atoms with Gasteiger partial charge >= 0.3 is 0 Å². The zero-order valence-electron chi connectivity index (χ0n) is 10.1. The molecule has 3 rings (SSSR count). The van der Waals surface area contributed by atoms with Gasteiger partial charge in [0.15, 0.2) is 0 Å². The van der Waals surface area contributed by atoms with Crippen molar-refractivity contribution >= 4 is 17.7 Å². The van der Waals surface area contributed by atoms with E-state index in [1.54, 1.807) is 30.7 Å². The van der Waals surface area contributed by atoms with Gasteiger partial charge in [-0.15, -0.1) is 0 Å². The predicted octanol–water partition coefficient (Wildman–Crippen LogP) is 0.284. The van der Waals surface area contributed by atoms with Crippen LogP contribution in [0.4, 0.5) is 5.95 Å². The largest absolute Gasteiger partial charge is 0.292 e. The van der Waals surface area contributed by atoms with Crippen LogP contribution in [0.15, 0.2) is 47.2 Å². The standard InChI is InChI=1S/C10H9N9S/c11-18-8-15-9(19-5-1-3-14-19)17-10(16-8)20-7-2-4-12-6-13-7/h1-6H,11H2,(H,15,16,17,18). The lowest BCUT2D eigenvalue weighted by Gasteiger charge is -2.05. The maximum atomic E-state index is 5.37. The molecule has 0 saturated carbocycles. The molecule has 0 aliphatic rings. The third kappa shape index (κ3) is 2.70. The van der Waals surface area contributed by atoms with Crippen molar-refractivity contribution in [2.24, 2.45) is 5.84 Å². The molecule has 0 radical (unpaired) electrons. The first-order valence-electron chi connectivity index (χ1n) is 5.52. The number of nitrogen functional groups attached to an aromatic ring is 1. The summed E-state index contributed by atoms with van der Waals surface area (Å²) in [6, 6.07) is 3.54. The van der Waals surface area contributed by atoms with Crippen molar-refractivity contribution in [2.45, 2.75) is 10.2 Å². The van der Waals surface area contributed by atoms with Gasteiger partial charge in [-0.05, 0) is 23.9 Å². The highest BCUT2D eigenvalue weighted by molar-refractivity contribution is 7.99. The zero-order valence-corrected chi connectivity index (χ0v) is 10.9. The normalized spacial score (nSPS) is 10.4. The van der Waals surface area contributed by atoms with Crippen LogP contribution in [0.25, 0.3) is 5.95 Å². The molecule has 3 N–H and O–H groups in total. The van der Waals surface area contributed by atoms with Crippen LogP contribution in [0.2, 0.25) is 0 Å². The summed E-state index contributed by atoms with van der Waals surface area (Å²) in [6.45, 7) is 0. The first-order valence-corrected chi connectivity index (χ1v) is 6.33. The molecular formula is C10H9N9S. The average Bonchev–Trinajstić information content (AvgIpc) is 3.02. The second-order valence-corrected chi connectivity index (χ2v) is 4.47. The first kappa shape index (κ1) is 12.4.